The van der Waals surface area contributed by atoms with E-state index < -0.39 is 6.10 Å². The topological polar surface area (TPSA) is 38.7 Å². The minimum absolute atomic E-state index is 0.100. The van der Waals surface area contributed by atoms with Crippen LogP contribution in [0.2, 0.25) is 0 Å². The Morgan fingerprint density at radius 2 is 1.95 bits per heavy atom. The highest BCUT2D eigenvalue weighted by molar-refractivity contribution is 5.28. The van der Waals surface area contributed by atoms with Gasteiger partial charge in [-0.25, -0.2) is 0 Å². The molecular weight excluding hydrogens is 240 g/mol. The lowest BCUT2D eigenvalue weighted by Crippen LogP contribution is -2.40. The van der Waals surface area contributed by atoms with Gasteiger partial charge >= 0.3 is 0 Å². The smallest absolute Gasteiger partial charge is 0.119 e. The van der Waals surface area contributed by atoms with Gasteiger partial charge in [0.05, 0.1) is 18.3 Å². The van der Waals surface area contributed by atoms with E-state index in [1.165, 1.54) is 6.42 Å². The van der Waals surface area contributed by atoms with Gasteiger partial charge in [0.15, 0.2) is 0 Å². The molecule has 0 saturated heterocycles. The Morgan fingerprint density at radius 3 is 2.42 bits per heavy atom. The van der Waals surface area contributed by atoms with Crippen LogP contribution in [-0.2, 0) is 4.74 Å². The summed E-state index contributed by atoms with van der Waals surface area (Å²) in [7, 11) is 1.74. The largest absolute Gasteiger partial charge is 0.494 e. The fourth-order valence-corrected chi connectivity index (χ4v) is 2.54. The minimum Gasteiger partial charge on any atom is -0.494 e. The highest BCUT2D eigenvalue weighted by Gasteiger charge is 2.38. The molecule has 1 fully saturated rings. The molecule has 1 aromatic carbocycles. The van der Waals surface area contributed by atoms with Crippen molar-refractivity contribution in [3.05, 3.63) is 29.8 Å². The molecule has 1 atom stereocenters. The van der Waals surface area contributed by atoms with Gasteiger partial charge in [0.2, 0.25) is 0 Å². The fourth-order valence-electron chi connectivity index (χ4n) is 2.54. The first kappa shape index (κ1) is 14.4. The van der Waals surface area contributed by atoms with Crippen molar-refractivity contribution >= 4 is 0 Å². The van der Waals surface area contributed by atoms with E-state index in [1.54, 1.807) is 7.11 Å². The highest BCUT2D eigenvalue weighted by atomic mass is 16.5. The number of hydrogen-bond acceptors (Lipinski definition) is 3. The third-order valence-electron chi connectivity index (χ3n) is 4.00. The standard InChI is InChI=1S/C16H24O3/c1-3-11-19-14-7-5-13(6-8-14)15(17)12-16(18-2)9-4-10-16/h5-8,15,17H,3-4,9-12H2,1-2H3. The van der Waals surface area contributed by atoms with Crippen LogP contribution in [-0.4, -0.2) is 24.4 Å². The molecule has 2 rings (SSSR count). The summed E-state index contributed by atoms with van der Waals surface area (Å²) in [6.07, 6.45) is 4.53. The summed E-state index contributed by atoms with van der Waals surface area (Å²) < 4.78 is 11.1. The maximum absolute atomic E-state index is 10.3. The lowest BCUT2D eigenvalue weighted by atomic mass is 9.75. The van der Waals surface area contributed by atoms with Crippen LogP contribution in [0.4, 0.5) is 0 Å². The van der Waals surface area contributed by atoms with Gasteiger partial charge in [0, 0.05) is 13.5 Å². The lowest BCUT2D eigenvalue weighted by molar-refractivity contribution is -0.0999. The molecule has 3 nitrogen and oxygen atoms in total. The normalized spacial score (nSPS) is 18.7. The molecule has 1 N–H and O–H groups in total. The number of aliphatic hydroxyl groups excluding tert-OH is 1. The molecule has 0 radical (unpaired) electrons. The number of hydrogen-bond donors (Lipinski definition) is 1. The Bertz CT molecular complexity index is 376. The van der Waals surface area contributed by atoms with Gasteiger partial charge in [-0.15, -0.1) is 0 Å². The van der Waals surface area contributed by atoms with Gasteiger partial charge in [-0.3, -0.25) is 0 Å². The van der Waals surface area contributed by atoms with Crippen LogP contribution in [0.25, 0.3) is 0 Å². The first-order valence-electron chi connectivity index (χ1n) is 7.15. The third kappa shape index (κ3) is 3.48. The molecule has 1 unspecified atom stereocenters. The number of benzene rings is 1. The molecule has 0 amide bonds. The second-order valence-electron chi connectivity index (χ2n) is 5.38. The molecular formula is C16H24O3. The zero-order valence-corrected chi connectivity index (χ0v) is 11.9. The lowest BCUT2D eigenvalue weighted by Gasteiger charge is -2.41. The van der Waals surface area contributed by atoms with Crippen LogP contribution >= 0.6 is 0 Å². The molecule has 0 bridgehead atoms. The predicted molar refractivity (Wildman–Crippen MR) is 75.4 cm³/mol. The molecule has 0 heterocycles. The Labute approximate surface area is 115 Å². The summed E-state index contributed by atoms with van der Waals surface area (Å²) in [5, 5.41) is 10.3. The van der Waals surface area contributed by atoms with Crippen molar-refractivity contribution in [2.24, 2.45) is 0 Å². The Hall–Kier alpha value is -1.06. The van der Waals surface area contributed by atoms with Gasteiger partial charge in [-0.05, 0) is 43.4 Å². The van der Waals surface area contributed by atoms with Gasteiger partial charge < -0.3 is 14.6 Å². The number of aliphatic hydroxyl groups is 1. The van der Waals surface area contributed by atoms with E-state index >= 15 is 0 Å². The zero-order chi connectivity index (χ0) is 13.7. The summed E-state index contributed by atoms with van der Waals surface area (Å²) in [6, 6.07) is 7.73. The maximum Gasteiger partial charge on any atom is 0.119 e. The molecule has 0 spiro atoms. The van der Waals surface area contributed by atoms with Crippen LogP contribution in [0.1, 0.15) is 50.7 Å². The SMILES string of the molecule is CCCOc1ccc(C(O)CC2(OC)CCC2)cc1. The molecule has 0 aliphatic heterocycles. The molecule has 1 aliphatic carbocycles. The molecule has 1 aromatic rings. The second kappa shape index (κ2) is 6.40. The molecule has 106 valence electrons. The first-order chi connectivity index (χ1) is 9.19. The number of rotatable bonds is 7. The van der Waals surface area contributed by atoms with E-state index in [4.69, 9.17) is 9.47 Å². The maximum atomic E-state index is 10.3. The first-order valence-corrected chi connectivity index (χ1v) is 7.15. The van der Waals surface area contributed by atoms with Gasteiger partial charge in [0.25, 0.3) is 0 Å². The van der Waals surface area contributed by atoms with E-state index in [-0.39, 0.29) is 5.60 Å². The van der Waals surface area contributed by atoms with Crippen molar-refractivity contribution < 1.29 is 14.6 Å². The second-order valence-corrected chi connectivity index (χ2v) is 5.38. The Kier molecular flexibility index (Phi) is 4.83. The van der Waals surface area contributed by atoms with Crippen molar-refractivity contribution in [3.8, 4) is 5.75 Å². The van der Waals surface area contributed by atoms with Crippen LogP contribution in [0, 0.1) is 0 Å². The summed E-state index contributed by atoms with van der Waals surface area (Å²) in [5.74, 6) is 0.864. The van der Waals surface area contributed by atoms with Crippen LogP contribution in [0.3, 0.4) is 0 Å². The van der Waals surface area contributed by atoms with Gasteiger partial charge in [-0.1, -0.05) is 19.1 Å². The average molecular weight is 264 g/mol. The fraction of sp³-hybridized carbons (Fsp3) is 0.625. The summed E-state index contributed by atoms with van der Waals surface area (Å²) in [5.41, 5.74) is 0.837. The van der Waals surface area contributed by atoms with Crippen molar-refractivity contribution in [2.45, 2.75) is 50.7 Å². The van der Waals surface area contributed by atoms with Crippen molar-refractivity contribution in [3.63, 3.8) is 0 Å². The van der Waals surface area contributed by atoms with Crippen molar-refractivity contribution in [1.82, 2.24) is 0 Å². The monoisotopic (exact) mass is 264 g/mol. The van der Waals surface area contributed by atoms with Crippen LogP contribution < -0.4 is 4.74 Å². The van der Waals surface area contributed by atoms with Crippen molar-refractivity contribution in [2.75, 3.05) is 13.7 Å². The van der Waals surface area contributed by atoms with E-state index in [2.05, 4.69) is 6.92 Å². The Balaban J connectivity index is 1.93. The van der Waals surface area contributed by atoms with Gasteiger partial charge in [0.1, 0.15) is 5.75 Å². The summed E-state index contributed by atoms with van der Waals surface area (Å²) in [6.45, 7) is 2.82. The van der Waals surface area contributed by atoms with Crippen LogP contribution in [0.15, 0.2) is 24.3 Å². The highest BCUT2D eigenvalue weighted by Crippen LogP contribution is 2.41. The van der Waals surface area contributed by atoms with Crippen molar-refractivity contribution in [1.29, 1.82) is 0 Å². The zero-order valence-electron chi connectivity index (χ0n) is 11.9. The molecule has 3 heteroatoms. The third-order valence-corrected chi connectivity index (χ3v) is 4.00. The predicted octanol–water partition coefficient (Wildman–Crippen LogP) is 3.47. The van der Waals surface area contributed by atoms with E-state index in [9.17, 15) is 5.11 Å². The van der Waals surface area contributed by atoms with E-state index in [1.807, 2.05) is 24.3 Å². The molecule has 1 aliphatic rings. The Morgan fingerprint density at radius 1 is 1.26 bits per heavy atom. The number of methoxy groups -OCH3 is 1. The van der Waals surface area contributed by atoms with E-state index in [0.717, 1.165) is 37.2 Å². The molecule has 0 aromatic heterocycles. The van der Waals surface area contributed by atoms with Gasteiger partial charge in [-0.2, -0.15) is 0 Å². The molecule has 1 saturated carbocycles. The van der Waals surface area contributed by atoms with Crippen LogP contribution in [0.5, 0.6) is 5.75 Å². The minimum atomic E-state index is -0.458. The average Bonchev–Trinajstić information content (AvgIpc) is 2.41. The summed E-state index contributed by atoms with van der Waals surface area (Å²) >= 11 is 0. The number of ether oxygens (including phenoxy) is 2. The molecule has 19 heavy (non-hydrogen) atoms. The summed E-state index contributed by atoms with van der Waals surface area (Å²) in [4.78, 5) is 0. The van der Waals surface area contributed by atoms with E-state index in [0.29, 0.717) is 6.42 Å². The quantitative estimate of drug-likeness (QED) is 0.819.